The van der Waals surface area contributed by atoms with Gasteiger partial charge < -0.3 is 15.4 Å². The Balaban J connectivity index is 2.26. The standard InChI is InChI=1S/C14H16N2O2/c1-14(15,13(17)18)10-11-5-4-6-12(9-11)16-7-2-3-8-16/h2-9H,10,15H2,1H3,(H,17,18)/t14-/m1/s1. The average molecular weight is 244 g/mol. The fourth-order valence-electron chi connectivity index (χ4n) is 1.83. The molecule has 0 radical (unpaired) electrons. The van der Waals surface area contributed by atoms with Crippen LogP contribution in [0.15, 0.2) is 48.8 Å². The van der Waals surface area contributed by atoms with Crippen molar-refractivity contribution in [1.82, 2.24) is 4.57 Å². The molecule has 0 aliphatic rings. The minimum atomic E-state index is -1.24. The highest BCUT2D eigenvalue weighted by Gasteiger charge is 2.28. The Labute approximate surface area is 106 Å². The number of hydrogen-bond donors (Lipinski definition) is 2. The second kappa shape index (κ2) is 4.66. The highest BCUT2D eigenvalue weighted by Crippen LogP contribution is 2.15. The number of hydrogen-bond acceptors (Lipinski definition) is 2. The summed E-state index contributed by atoms with van der Waals surface area (Å²) in [5.74, 6) is -0.992. The zero-order valence-electron chi connectivity index (χ0n) is 10.2. The minimum Gasteiger partial charge on any atom is -0.480 e. The van der Waals surface area contributed by atoms with Gasteiger partial charge in [0.15, 0.2) is 0 Å². The fraction of sp³-hybridized carbons (Fsp3) is 0.214. The molecule has 0 amide bonds. The molecule has 1 aromatic carbocycles. The van der Waals surface area contributed by atoms with Gasteiger partial charge in [-0.1, -0.05) is 12.1 Å². The smallest absolute Gasteiger partial charge is 0.323 e. The summed E-state index contributed by atoms with van der Waals surface area (Å²) < 4.78 is 1.97. The van der Waals surface area contributed by atoms with Crippen LogP contribution in [-0.2, 0) is 11.2 Å². The van der Waals surface area contributed by atoms with Gasteiger partial charge >= 0.3 is 5.97 Å². The first-order valence-electron chi connectivity index (χ1n) is 5.73. The van der Waals surface area contributed by atoms with Gasteiger partial charge in [-0.15, -0.1) is 0 Å². The number of rotatable bonds is 4. The second-order valence-electron chi connectivity index (χ2n) is 4.66. The lowest BCUT2D eigenvalue weighted by atomic mass is 9.94. The van der Waals surface area contributed by atoms with Crippen molar-refractivity contribution < 1.29 is 9.90 Å². The van der Waals surface area contributed by atoms with Crippen LogP contribution >= 0.6 is 0 Å². The van der Waals surface area contributed by atoms with Gasteiger partial charge in [0, 0.05) is 24.5 Å². The summed E-state index contributed by atoms with van der Waals surface area (Å²) >= 11 is 0. The van der Waals surface area contributed by atoms with Crippen LogP contribution in [0.25, 0.3) is 5.69 Å². The molecule has 4 nitrogen and oxygen atoms in total. The lowest BCUT2D eigenvalue weighted by Gasteiger charge is -2.19. The van der Waals surface area contributed by atoms with Gasteiger partial charge in [-0.05, 0) is 36.8 Å². The maximum atomic E-state index is 11.0. The molecule has 0 spiro atoms. The average Bonchev–Trinajstić information content (AvgIpc) is 2.82. The zero-order valence-corrected chi connectivity index (χ0v) is 10.2. The third-order valence-corrected chi connectivity index (χ3v) is 2.87. The van der Waals surface area contributed by atoms with Crippen LogP contribution in [0.5, 0.6) is 0 Å². The van der Waals surface area contributed by atoms with E-state index in [0.29, 0.717) is 6.42 Å². The second-order valence-corrected chi connectivity index (χ2v) is 4.66. The molecule has 0 unspecified atom stereocenters. The molecule has 0 bridgehead atoms. The highest BCUT2D eigenvalue weighted by molar-refractivity contribution is 5.78. The molecule has 2 aromatic rings. The van der Waals surface area contributed by atoms with Crippen molar-refractivity contribution in [2.75, 3.05) is 0 Å². The normalized spacial score (nSPS) is 14.1. The SMILES string of the molecule is C[C@@](N)(Cc1cccc(-n2cccc2)c1)C(=O)O. The van der Waals surface area contributed by atoms with Gasteiger partial charge in [0.1, 0.15) is 5.54 Å². The number of nitrogens with zero attached hydrogens (tertiary/aromatic N) is 1. The number of carboxylic acid groups (broad SMARTS) is 1. The van der Waals surface area contributed by atoms with Crippen LogP contribution in [0.3, 0.4) is 0 Å². The van der Waals surface area contributed by atoms with Crippen molar-refractivity contribution in [3.8, 4) is 5.69 Å². The maximum Gasteiger partial charge on any atom is 0.323 e. The van der Waals surface area contributed by atoms with E-state index >= 15 is 0 Å². The summed E-state index contributed by atoms with van der Waals surface area (Å²) in [5, 5.41) is 9.03. The molecule has 0 fully saturated rings. The molecule has 0 aliphatic heterocycles. The molecule has 4 heteroatoms. The van der Waals surface area contributed by atoms with Gasteiger partial charge in [0.2, 0.25) is 0 Å². The van der Waals surface area contributed by atoms with E-state index in [4.69, 9.17) is 10.8 Å². The molecule has 1 heterocycles. The van der Waals surface area contributed by atoms with Crippen LogP contribution in [-0.4, -0.2) is 21.2 Å². The van der Waals surface area contributed by atoms with Crippen molar-refractivity contribution >= 4 is 5.97 Å². The first kappa shape index (κ1) is 12.4. The van der Waals surface area contributed by atoms with Crippen molar-refractivity contribution in [2.45, 2.75) is 18.9 Å². The third-order valence-electron chi connectivity index (χ3n) is 2.87. The first-order chi connectivity index (χ1) is 8.49. The number of benzene rings is 1. The molecule has 1 aromatic heterocycles. The van der Waals surface area contributed by atoms with E-state index in [1.54, 1.807) is 0 Å². The Bertz CT molecular complexity index is 545. The summed E-state index contributed by atoms with van der Waals surface area (Å²) in [6.45, 7) is 1.53. The summed E-state index contributed by atoms with van der Waals surface area (Å²) in [5.41, 5.74) is 6.42. The molecular formula is C14H16N2O2. The van der Waals surface area contributed by atoms with Crippen LogP contribution in [0, 0.1) is 0 Å². The third kappa shape index (κ3) is 2.60. The lowest BCUT2D eigenvalue weighted by molar-refractivity contribution is -0.142. The Hall–Kier alpha value is -2.07. The van der Waals surface area contributed by atoms with Crippen LogP contribution in [0.1, 0.15) is 12.5 Å². The lowest BCUT2D eigenvalue weighted by Crippen LogP contribution is -2.46. The predicted molar refractivity (Wildman–Crippen MR) is 69.7 cm³/mol. The largest absolute Gasteiger partial charge is 0.480 e. The van der Waals surface area contributed by atoms with E-state index in [1.807, 2.05) is 53.4 Å². The maximum absolute atomic E-state index is 11.0. The summed E-state index contributed by atoms with van der Waals surface area (Å²) in [6, 6.07) is 11.6. The number of aromatic nitrogens is 1. The van der Waals surface area contributed by atoms with Gasteiger partial charge in [0.25, 0.3) is 0 Å². The predicted octanol–water partition coefficient (Wildman–Crippen LogP) is 1.82. The quantitative estimate of drug-likeness (QED) is 0.862. The fourth-order valence-corrected chi connectivity index (χ4v) is 1.83. The molecule has 0 aliphatic carbocycles. The molecule has 0 saturated heterocycles. The molecule has 1 atom stereocenters. The van der Waals surface area contributed by atoms with E-state index in [2.05, 4.69) is 0 Å². The monoisotopic (exact) mass is 244 g/mol. The number of carbonyl (C=O) groups is 1. The minimum absolute atomic E-state index is 0.303. The Kier molecular flexibility index (Phi) is 3.21. The van der Waals surface area contributed by atoms with E-state index in [0.717, 1.165) is 11.3 Å². The topological polar surface area (TPSA) is 68.2 Å². The molecule has 3 N–H and O–H groups in total. The van der Waals surface area contributed by atoms with Gasteiger partial charge in [-0.3, -0.25) is 4.79 Å². The molecule has 94 valence electrons. The summed E-state index contributed by atoms with van der Waals surface area (Å²) in [4.78, 5) is 11.0. The van der Waals surface area contributed by atoms with Gasteiger partial charge in [0.05, 0.1) is 0 Å². The molecule has 0 saturated carbocycles. The van der Waals surface area contributed by atoms with Gasteiger partial charge in [-0.25, -0.2) is 0 Å². The Morgan fingerprint density at radius 1 is 1.33 bits per heavy atom. The number of nitrogens with two attached hydrogens (primary N) is 1. The summed E-state index contributed by atoms with van der Waals surface area (Å²) in [7, 11) is 0. The van der Waals surface area contributed by atoms with Crippen molar-refractivity contribution in [3.05, 3.63) is 54.4 Å². The van der Waals surface area contributed by atoms with Crippen LogP contribution in [0.2, 0.25) is 0 Å². The Morgan fingerprint density at radius 2 is 2.00 bits per heavy atom. The van der Waals surface area contributed by atoms with E-state index in [9.17, 15) is 4.79 Å². The molecule has 18 heavy (non-hydrogen) atoms. The van der Waals surface area contributed by atoms with Crippen molar-refractivity contribution in [1.29, 1.82) is 0 Å². The van der Waals surface area contributed by atoms with E-state index < -0.39 is 11.5 Å². The highest BCUT2D eigenvalue weighted by atomic mass is 16.4. The van der Waals surface area contributed by atoms with Gasteiger partial charge in [-0.2, -0.15) is 0 Å². The first-order valence-corrected chi connectivity index (χ1v) is 5.73. The van der Waals surface area contributed by atoms with Crippen LogP contribution in [0.4, 0.5) is 0 Å². The van der Waals surface area contributed by atoms with Crippen molar-refractivity contribution in [2.24, 2.45) is 5.73 Å². The zero-order chi connectivity index (χ0) is 13.2. The van der Waals surface area contributed by atoms with Crippen LogP contribution < -0.4 is 5.73 Å². The summed E-state index contributed by atoms with van der Waals surface area (Å²) in [6.07, 6.45) is 4.19. The number of aliphatic carboxylic acids is 1. The van der Waals surface area contributed by atoms with E-state index in [-0.39, 0.29) is 0 Å². The van der Waals surface area contributed by atoms with E-state index in [1.165, 1.54) is 6.92 Å². The Morgan fingerprint density at radius 3 is 2.61 bits per heavy atom. The van der Waals surface area contributed by atoms with Crippen molar-refractivity contribution in [3.63, 3.8) is 0 Å². The molecular weight excluding hydrogens is 228 g/mol. The molecule has 2 rings (SSSR count). The number of carboxylic acids is 1.